The summed E-state index contributed by atoms with van der Waals surface area (Å²) in [7, 11) is 0. The molecular formula is C21H26ClN3O8. The van der Waals surface area contributed by atoms with Crippen LogP contribution in [0.25, 0.3) is 11.1 Å². The number of carboxylic acids is 1. The van der Waals surface area contributed by atoms with Gasteiger partial charge in [0.1, 0.15) is 12.4 Å². The molecule has 0 radical (unpaired) electrons. The molecule has 0 amide bonds. The third kappa shape index (κ3) is 7.27. The zero-order valence-electron chi connectivity index (χ0n) is 17.9. The lowest BCUT2D eigenvalue weighted by atomic mass is 10.1. The van der Waals surface area contributed by atoms with Gasteiger partial charge in [-0.2, -0.15) is 0 Å². The molecule has 0 atom stereocenters. The quantitative estimate of drug-likeness (QED) is 0.290. The number of benzene rings is 1. The molecule has 2 heterocycles. The van der Waals surface area contributed by atoms with E-state index in [0.29, 0.717) is 16.3 Å². The summed E-state index contributed by atoms with van der Waals surface area (Å²) in [6.45, 7) is 0.960. The van der Waals surface area contributed by atoms with Gasteiger partial charge in [-0.1, -0.05) is 17.7 Å². The van der Waals surface area contributed by atoms with Gasteiger partial charge < -0.3 is 35.3 Å². The summed E-state index contributed by atoms with van der Waals surface area (Å²) in [5.74, 6) is -1.26. The molecule has 11 nitrogen and oxygen atoms in total. The molecule has 0 spiro atoms. The van der Waals surface area contributed by atoms with Crippen LogP contribution in [0.2, 0.25) is 5.02 Å². The second-order valence-corrected chi connectivity index (χ2v) is 7.75. The number of rotatable bonds is 9. The first kappa shape index (κ1) is 26.3. The Labute approximate surface area is 193 Å². The smallest absolute Gasteiger partial charge is 0.419 e. The van der Waals surface area contributed by atoms with Gasteiger partial charge in [0.05, 0.1) is 42.3 Å². The number of hydrogen-bond acceptors (Lipinski definition) is 9. The van der Waals surface area contributed by atoms with Crippen LogP contribution in [0.3, 0.4) is 0 Å². The maximum absolute atomic E-state index is 11.9. The number of halogens is 1. The Hall–Kier alpha value is -2.96. The average Bonchev–Trinajstić information content (AvgIpc) is 3.10. The van der Waals surface area contributed by atoms with Gasteiger partial charge in [-0.05, 0) is 19.1 Å². The van der Waals surface area contributed by atoms with Gasteiger partial charge in [0.15, 0.2) is 5.58 Å². The number of nitrogens with two attached hydrogens (primary N) is 1. The standard InChI is InChI=1S/C17H15ClN2O5.C4H11NO3/c1-10-2-3-11(8-19-10)9-24-14-7-15-13(6-12(14)18)20(17(23)25-15)5-4-16(21)22;5-4(1-6,2-7)3-8/h2-3,6-8H,4-5,9H2,1H3,(H,21,22);6-8H,1-3,5H2. The van der Waals surface area contributed by atoms with Crippen LogP contribution >= 0.6 is 11.6 Å². The van der Waals surface area contributed by atoms with E-state index >= 15 is 0 Å². The highest BCUT2D eigenvalue weighted by Gasteiger charge is 2.20. The molecule has 3 aromatic rings. The molecule has 12 heteroatoms. The zero-order valence-corrected chi connectivity index (χ0v) is 18.7. The van der Waals surface area contributed by atoms with Gasteiger partial charge in [0.2, 0.25) is 0 Å². The number of hydrogen-bond donors (Lipinski definition) is 5. The summed E-state index contributed by atoms with van der Waals surface area (Å²) >= 11 is 6.22. The number of aliphatic carboxylic acids is 1. The molecule has 3 rings (SSSR count). The number of aromatic nitrogens is 2. The van der Waals surface area contributed by atoms with E-state index in [1.807, 2.05) is 19.1 Å². The molecule has 0 aliphatic rings. The van der Waals surface area contributed by atoms with Crippen molar-refractivity contribution in [1.82, 2.24) is 9.55 Å². The highest BCUT2D eigenvalue weighted by atomic mass is 35.5. The predicted octanol–water partition coefficient (Wildman–Crippen LogP) is 0.666. The van der Waals surface area contributed by atoms with Crippen LogP contribution in [-0.4, -0.2) is 61.3 Å². The van der Waals surface area contributed by atoms with Gasteiger partial charge in [0.25, 0.3) is 0 Å². The number of carboxylic acid groups (broad SMARTS) is 1. The van der Waals surface area contributed by atoms with Gasteiger partial charge in [-0.3, -0.25) is 14.3 Å². The summed E-state index contributed by atoms with van der Waals surface area (Å²) in [6, 6.07) is 6.84. The molecule has 0 fully saturated rings. The summed E-state index contributed by atoms with van der Waals surface area (Å²) < 4.78 is 12.1. The van der Waals surface area contributed by atoms with Crippen LogP contribution in [0, 0.1) is 6.92 Å². The highest BCUT2D eigenvalue weighted by molar-refractivity contribution is 6.32. The van der Waals surface area contributed by atoms with Crippen LogP contribution in [0.1, 0.15) is 17.7 Å². The Balaban J connectivity index is 0.000000414. The monoisotopic (exact) mass is 483 g/mol. The van der Waals surface area contributed by atoms with Crippen molar-refractivity contribution in [3.63, 3.8) is 0 Å². The van der Waals surface area contributed by atoms with Crippen LogP contribution in [-0.2, 0) is 17.9 Å². The van der Waals surface area contributed by atoms with E-state index in [-0.39, 0.29) is 25.2 Å². The van der Waals surface area contributed by atoms with Gasteiger partial charge in [0, 0.05) is 30.1 Å². The molecular weight excluding hydrogens is 458 g/mol. The van der Waals surface area contributed by atoms with Crippen molar-refractivity contribution < 1.29 is 34.4 Å². The Morgan fingerprint density at radius 2 is 1.91 bits per heavy atom. The van der Waals surface area contributed by atoms with Crippen molar-refractivity contribution in [2.45, 2.75) is 32.0 Å². The average molecular weight is 484 g/mol. The number of fused-ring (bicyclic) bond motifs is 1. The first-order valence-corrected chi connectivity index (χ1v) is 10.2. The summed E-state index contributed by atoms with van der Waals surface area (Å²) in [5, 5.41) is 34.1. The number of carbonyl (C=O) groups is 1. The Kier molecular flexibility index (Phi) is 9.38. The van der Waals surface area contributed by atoms with Gasteiger partial charge >= 0.3 is 11.7 Å². The fourth-order valence-corrected chi connectivity index (χ4v) is 2.70. The molecule has 0 bridgehead atoms. The molecule has 180 valence electrons. The molecule has 0 unspecified atom stereocenters. The van der Waals surface area contributed by atoms with Crippen molar-refractivity contribution in [2.75, 3.05) is 19.8 Å². The molecule has 0 saturated heterocycles. The number of pyridine rings is 1. The molecule has 0 saturated carbocycles. The molecule has 6 N–H and O–H groups in total. The lowest BCUT2D eigenvalue weighted by molar-refractivity contribution is -0.137. The zero-order chi connectivity index (χ0) is 24.6. The number of aliphatic hydroxyl groups is 3. The summed E-state index contributed by atoms with van der Waals surface area (Å²) in [4.78, 5) is 26.8. The highest BCUT2D eigenvalue weighted by Crippen LogP contribution is 2.30. The number of nitrogens with zero attached hydrogens (tertiary/aromatic N) is 2. The third-order valence-corrected chi connectivity index (χ3v) is 4.88. The van der Waals surface area contributed by atoms with Crippen LogP contribution in [0.4, 0.5) is 0 Å². The van der Waals surface area contributed by atoms with Crippen molar-refractivity contribution in [3.8, 4) is 5.75 Å². The van der Waals surface area contributed by atoms with E-state index in [1.165, 1.54) is 16.7 Å². The second-order valence-electron chi connectivity index (χ2n) is 7.35. The number of aryl methyl sites for hydroxylation is 2. The first-order chi connectivity index (χ1) is 15.6. The minimum atomic E-state index is -1.21. The topological polar surface area (TPSA) is 181 Å². The molecule has 0 aliphatic heterocycles. The number of aliphatic hydroxyl groups excluding tert-OH is 3. The van der Waals surface area contributed by atoms with E-state index in [4.69, 9.17) is 46.9 Å². The van der Waals surface area contributed by atoms with E-state index in [1.54, 1.807) is 6.20 Å². The first-order valence-electron chi connectivity index (χ1n) is 9.83. The number of ether oxygens (including phenoxy) is 1. The van der Waals surface area contributed by atoms with Crippen LogP contribution in [0.15, 0.2) is 39.7 Å². The van der Waals surface area contributed by atoms with E-state index in [9.17, 15) is 9.59 Å². The minimum absolute atomic E-state index is 0.00668. The largest absolute Gasteiger partial charge is 0.487 e. The molecule has 1 aromatic carbocycles. The third-order valence-electron chi connectivity index (χ3n) is 4.58. The lowest BCUT2D eigenvalue weighted by Gasteiger charge is -2.20. The molecule has 2 aromatic heterocycles. The maximum Gasteiger partial charge on any atom is 0.419 e. The van der Waals surface area contributed by atoms with E-state index in [0.717, 1.165) is 11.3 Å². The Morgan fingerprint density at radius 1 is 1.24 bits per heavy atom. The Bertz CT molecular complexity index is 1110. The van der Waals surface area contributed by atoms with Gasteiger partial charge in [-0.15, -0.1) is 0 Å². The minimum Gasteiger partial charge on any atom is -0.487 e. The predicted molar refractivity (Wildman–Crippen MR) is 119 cm³/mol. The van der Waals surface area contributed by atoms with Gasteiger partial charge in [-0.25, -0.2) is 4.79 Å². The van der Waals surface area contributed by atoms with Crippen LogP contribution < -0.4 is 16.2 Å². The molecule has 0 aliphatic carbocycles. The Morgan fingerprint density at radius 3 is 2.42 bits per heavy atom. The summed E-state index contributed by atoms with van der Waals surface area (Å²) in [5.41, 5.74) is 6.44. The second kappa shape index (κ2) is 11.8. The number of oxazole rings is 1. The van der Waals surface area contributed by atoms with Crippen molar-refractivity contribution in [1.29, 1.82) is 0 Å². The lowest BCUT2D eigenvalue weighted by Crippen LogP contribution is -2.50. The van der Waals surface area contributed by atoms with Crippen molar-refractivity contribution >= 4 is 28.7 Å². The normalized spacial score (nSPS) is 11.2. The van der Waals surface area contributed by atoms with E-state index < -0.39 is 37.1 Å². The SMILES string of the molecule is Cc1ccc(COc2cc3oc(=O)n(CCC(=O)O)c3cc2Cl)cn1.NC(CO)(CO)CO. The molecule has 33 heavy (non-hydrogen) atoms. The fraction of sp³-hybridized carbons (Fsp3) is 0.381. The maximum atomic E-state index is 11.9. The van der Waals surface area contributed by atoms with Crippen molar-refractivity contribution in [2.24, 2.45) is 5.73 Å². The fourth-order valence-electron chi connectivity index (χ4n) is 2.49. The van der Waals surface area contributed by atoms with Crippen molar-refractivity contribution in [3.05, 3.63) is 57.3 Å². The van der Waals surface area contributed by atoms with Crippen LogP contribution in [0.5, 0.6) is 5.75 Å². The van der Waals surface area contributed by atoms with E-state index in [2.05, 4.69) is 4.98 Å². The summed E-state index contributed by atoms with van der Waals surface area (Å²) in [6.07, 6.45) is 1.52.